The molecule has 3 atom stereocenters. The summed E-state index contributed by atoms with van der Waals surface area (Å²) in [5.41, 5.74) is 0.425. The molecule has 5 rings (SSSR count). The Hall–Kier alpha value is -3.77. The van der Waals surface area contributed by atoms with Crippen LogP contribution >= 0.6 is 34.9 Å². The number of amides is 3. The number of carbonyl (C=O) groups excluding carboxylic acids is 3. The van der Waals surface area contributed by atoms with Crippen molar-refractivity contribution >= 4 is 69.9 Å². The van der Waals surface area contributed by atoms with Gasteiger partial charge < -0.3 is 20.6 Å². The summed E-state index contributed by atoms with van der Waals surface area (Å²) < 4.78 is 0. The number of thiazole rings is 1. The molecule has 0 bridgehead atoms. The number of aliphatic carboxylic acids is 1. The molecule has 2 unspecified atom stereocenters. The first-order chi connectivity index (χ1) is 19.0. The zero-order chi connectivity index (χ0) is 27.4. The van der Waals surface area contributed by atoms with Crippen molar-refractivity contribution in [2.45, 2.75) is 41.9 Å². The Morgan fingerprint density at radius 2 is 2.28 bits per heavy atom. The van der Waals surface area contributed by atoms with Crippen LogP contribution in [0.3, 0.4) is 0 Å². The Labute approximate surface area is 232 Å². The molecular formula is C21H21N9O6S3. The standard InChI is InChI=1S/C21H21N9O6S3/c31-9-22-20-23-12(8-39-20)13(27-36-11-4-2-1-3-5-11)16(32)24-14-17(33)30-15(19(34)35)10(6-37-18(14)30)7-38-21-25-28-29-26-21/h2,4,8-9,11,14,18H,1,3,5-7H2,(H,24,32)(H,34,35)(H,22,23,31)(H,25,26,28,29)/t11?,14?,18-/m0/s1. The highest BCUT2D eigenvalue weighted by molar-refractivity contribution is 8.01. The molecule has 0 aromatic carbocycles. The van der Waals surface area contributed by atoms with Gasteiger partial charge in [-0.1, -0.05) is 23.0 Å². The van der Waals surface area contributed by atoms with Gasteiger partial charge in [-0.15, -0.1) is 28.2 Å². The number of fused-ring (bicyclic) bond motifs is 1. The van der Waals surface area contributed by atoms with E-state index in [1.54, 1.807) is 0 Å². The van der Waals surface area contributed by atoms with E-state index in [1.165, 1.54) is 33.8 Å². The number of tetrazole rings is 1. The van der Waals surface area contributed by atoms with Gasteiger partial charge in [0.15, 0.2) is 10.8 Å². The maximum absolute atomic E-state index is 13.3. The number of oxime groups is 1. The van der Waals surface area contributed by atoms with Crippen LogP contribution < -0.4 is 10.6 Å². The van der Waals surface area contributed by atoms with Crippen molar-refractivity contribution in [3.63, 3.8) is 0 Å². The average Bonchev–Trinajstić information content (AvgIpc) is 3.63. The van der Waals surface area contributed by atoms with Crippen LogP contribution in [0.15, 0.2) is 39.1 Å². The quantitative estimate of drug-likeness (QED) is 0.0707. The molecule has 0 saturated carbocycles. The number of rotatable bonds is 11. The second kappa shape index (κ2) is 12.0. The SMILES string of the molecule is O=CNc1nc(C(=NOC2C=CCCC2)C(=O)NC2C(=O)N3C(C(=O)O)=C(CSc4nnn[nH]4)CS[C@@H]23)cs1. The summed E-state index contributed by atoms with van der Waals surface area (Å²) in [7, 11) is 0. The Balaban J connectivity index is 1.32. The summed E-state index contributed by atoms with van der Waals surface area (Å²) in [6.07, 6.45) is 6.59. The summed E-state index contributed by atoms with van der Waals surface area (Å²) in [4.78, 5) is 60.3. The van der Waals surface area contributed by atoms with Crippen LogP contribution in [0.5, 0.6) is 0 Å². The topological polar surface area (TPSA) is 205 Å². The van der Waals surface area contributed by atoms with Gasteiger partial charge in [0.05, 0.1) is 0 Å². The molecule has 4 heterocycles. The van der Waals surface area contributed by atoms with E-state index in [4.69, 9.17) is 4.84 Å². The van der Waals surface area contributed by atoms with E-state index in [9.17, 15) is 24.3 Å². The van der Waals surface area contributed by atoms with E-state index in [1.807, 2.05) is 12.2 Å². The van der Waals surface area contributed by atoms with E-state index in [0.717, 1.165) is 30.6 Å². The predicted octanol–water partition coefficient (Wildman–Crippen LogP) is 0.585. The van der Waals surface area contributed by atoms with Gasteiger partial charge in [-0.3, -0.25) is 19.3 Å². The first kappa shape index (κ1) is 26.8. The van der Waals surface area contributed by atoms with Gasteiger partial charge in [-0.25, -0.2) is 14.9 Å². The van der Waals surface area contributed by atoms with Gasteiger partial charge in [0.1, 0.15) is 28.9 Å². The lowest BCUT2D eigenvalue weighted by Crippen LogP contribution is -2.71. The molecule has 2 aromatic heterocycles. The number of thioether (sulfide) groups is 2. The fourth-order valence-corrected chi connectivity index (χ4v) is 6.94. The lowest BCUT2D eigenvalue weighted by molar-refractivity contribution is -0.150. The van der Waals surface area contributed by atoms with E-state index in [2.05, 4.69) is 41.4 Å². The zero-order valence-electron chi connectivity index (χ0n) is 20.0. The molecule has 204 valence electrons. The van der Waals surface area contributed by atoms with Crippen molar-refractivity contribution in [1.29, 1.82) is 0 Å². The third kappa shape index (κ3) is 5.81. The summed E-state index contributed by atoms with van der Waals surface area (Å²) in [6.45, 7) is 0. The van der Waals surface area contributed by atoms with Crippen LogP contribution in [0.25, 0.3) is 0 Å². The zero-order valence-corrected chi connectivity index (χ0v) is 22.4. The summed E-state index contributed by atoms with van der Waals surface area (Å²) >= 11 is 3.65. The van der Waals surface area contributed by atoms with Crippen molar-refractivity contribution in [2.75, 3.05) is 16.8 Å². The first-order valence-corrected chi connectivity index (χ1v) is 14.5. The number of β-lactam (4-membered cyclic amide) rings is 1. The highest BCUT2D eigenvalue weighted by atomic mass is 32.2. The van der Waals surface area contributed by atoms with Gasteiger partial charge in [-0.2, -0.15) is 0 Å². The number of carboxylic acids is 1. The molecule has 18 heteroatoms. The van der Waals surface area contributed by atoms with Gasteiger partial charge in [0, 0.05) is 16.9 Å². The number of allylic oxidation sites excluding steroid dienone is 1. The third-order valence-corrected chi connectivity index (χ3v) is 8.93. The first-order valence-electron chi connectivity index (χ1n) is 11.6. The van der Waals surface area contributed by atoms with E-state index >= 15 is 0 Å². The number of nitrogens with one attached hydrogen (secondary N) is 3. The number of carbonyl (C=O) groups is 4. The maximum Gasteiger partial charge on any atom is 0.352 e. The molecule has 4 N–H and O–H groups in total. The summed E-state index contributed by atoms with van der Waals surface area (Å²) in [5.74, 6) is -1.90. The van der Waals surface area contributed by atoms with Gasteiger partial charge in [-0.05, 0) is 41.3 Å². The third-order valence-electron chi connectivity index (χ3n) is 5.88. The number of nitrogens with zero attached hydrogens (tertiary/aromatic N) is 6. The Morgan fingerprint density at radius 3 is 3.00 bits per heavy atom. The van der Waals surface area contributed by atoms with Gasteiger partial charge in [0.25, 0.3) is 11.8 Å². The molecule has 1 aliphatic carbocycles. The smallest absolute Gasteiger partial charge is 0.352 e. The summed E-state index contributed by atoms with van der Waals surface area (Å²) in [6, 6.07) is -0.976. The fourth-order valence-electron chi connectivity index (χ4n) is 4.06. The van der Waals surface area contributed by atoms with Crippen LogP contribution in [0.1, 0.15) is 25.0 Å². The van der Waals surface area contributed by atoms with E-state index in [0.29, 0.717) is 22.9 Å². The molecule has 2 aromatic rings. The second-order valence-corrected chi connectivity index (χ2v) is 11.3. The molecule has 1 fully saturated rings. The van der Waals surface area contributed by atoms with Crippen molar-refractivity contribution in [3.8, 4) is 0 Å². The number of aromatic amines is 1. The Morgan fingerprint density at radius 1 is 1.41 bits per heavy atom. The van der Waals surface area contributed by atoms with E-state index in [-0.39, 0.29) is 34.1 Å². The van der Waals surface area contributed by atoms with Crippen LogP contribution in [0.4, 0.5) is 5.13 Å². The van der Waals surface area contributed by atoms with Crippen LogP contribution in [0.2, 0.25) is 0 Å². The van der Waals surface area contributed by atoms with Crippen LogP contribution in [-0.2, 0) is 24.0 Å². The number of anilines is 1. The Bertz CT molecular complexity index is 1360. The molecule has 3 amide bonds. The minimum absolute atomic E-state index is 0.111. The van der Waals surface area contributed by atoms with Gasteiger partial charge in [0.2, 0.25) is 11.6 Å². The minimum Gasteiger partial charge on any atom is -0.477 e. The predicted molar refractivity (Wildman–Crippen MR) is 141 cm³/mol. The molecular weight excluding hydrogens is 570 g/mol. The highest BCUT2D eigenvalue weighted by Gasteiger charge is 2.54. The van der Waals surface area contributed by atoms with Crippen LogP contribution in [0, 0.1) is 0 Å². The van der Waals surface area contributed by atoms with Crippen molar-refractivity contribution in [3.05, 3.63) is 34.5 Å². The molecule has 2 aliphatic heterocycles. The Kier molecular flexibility index (Phi) is 8.22. The molecule has 15 nitrogen and oxygen atoms in total. The van der Waals surface area contributed by atoms with Crippen molar-refractivity contribution in [1.82, 2.24) is 35.8 Å². The normalized spacial score (nSPS) is 22.7. The second-order valence-electron chi connectivity index (χ2n) is 8.36. The lowest BCUT2D eigenvalue weighted by atomic mass is 10.0. The molecule has 1 saturated heterocycles. The number of hydrogen-bond acceptors (Lipinski definition) is 13. The van der Waals surface area contributed by atoms with E-state index < -0.39 is 29.2 Å². The van der Waals surface area contributed by atoms with Gasteiger partial charge >= 0.3 is 5.97 Å². The molecule has 39 heavy (non-hydrogen) atoms. The average molecular weight is 592 g/mol. The maximum atomic E-state index is 13.3. The number of H-pyrrole nitrogens is 1. The van der Waals surface area contributed by atoms with Crippen molar-refractivity contribution in [2.24, 2.45) is 5.16 Å². The molecule has 3 aliphatic rings. The summed E-state index contributed by atoms with van der Waals surface area (Å²) in [5, 5.41) is 33.9. The molecule has 0 spiro atoms. The number of carboxylic acid groups (broad SMARTS) is 1. The lowest BCUT2D eigenvalue weighted by Gasteiger charge is -2.49. The monoisotopic (exact) mass is 591 g/mol. The fraction of sp³-hybridized carbons (Fsp3) is 0.381. The highest BCUT2D eigenvalue weighted by Crippen LogP contribution is 2.41. The van der Waals surface area contributed by atoms with Crippen molar-refractivity contribution < 1.29 is 29.1 Å². The number of hydrogen-bond donors (Lipinski definition) is 4. The van der Waals surface area contributed by atoms with Crippen LogP contribution in [-0.4, -0.2) is 94.5 Å². The largest absolute Gasteiger partial charge is 0.477 e. The molecule has 0 radical (unpaired) electrons. The minimum atomic E-state index is -1.24. The number of aromatic nitrogens is 5.